The molecule has 0 spiro atoms. The van der Waals surface area contributed by atoms with Gasteiger partial charge in [0.05, 0.1) is 17.7 Å². The summed E-state index contributed by atoms with van der Waals surface area (Å²) in [5, 5.41) is 3.96. The highest BCUT2D eigenvalue weighted by Crippen LogP contribution is 2.27. The molecule has 2 amide bonds. The molecule has 1 fully saturated rings. The fraction of sp³-hybridized carbons (Fsp3) is 0.333. The summed E-state index contributed by atoms with van der Waals surface area (Å²) in [5.74, 6) is -0.345. The molecule has 0 saturated heterocycles. The molecule has 218 valence electrons. The van der Waals surface area contributed by atoms with Gasteiger partial charge < -0.3 is 15.0 Å². The molecule has 0 radical (unpaired) electrons. The summed E-state index contributed by atoms with van der Waals surface area (Å²) in [6.07, 6.45) is 3.88. The second-order valence-corrected chi connectivity index (χ2v) is 12.7. The molecule has 1 aliphatic carbocycles. The molecular weight excluding hydrogens is 585 g/mol. The van der Waals surface area contributed by atoms with Crippen LogP contribution in [0.2, 0.25) is 10.0 Å². The van der Waals surface area contributed by atoms with Crippen molar-refractivity contribution in [1.82, 2.24) is 10.2 Å². The molecule has 1 atom stereocenters. The van der Waals surface area contributed by atoms with E-state index in [0.717, 1.165) is 30.0 Å². The van der Waals surface area contributed by atoms with E-state index in [1.54, 1.807) is 43.3 Å². The lowest BCUT2D eigenvalue weighted by Gasteiger charge is -2.32. The van der Waals surface area contributed by atoms with Crippen molar-refractivity contribution in [3.8, 4) is 5.75 Å². The SMILES string of the molecule is COc1ccc(S(=O)(=O)N(CC(=O)N(Cc2cccc(Cl)c2)C(C)C(=O)NC2CCCC2)c2ccc(Cl)cc2)cc1. The lowest BCUT2D eigenvalue weighted by Crippen LogP contribution is -2.52. The molecule has 1 N–H and O–H groups in total. The van der Waals surface area contributed by atoms with Crippen molar-refractivity contribution in [2.45, 2.75) is 56.1 Å². The van der Waals surface area contributed by atoms with E-state index in [9.17, 15) is 18.0 Å². The molecule has 0 aromatic heterocycles. The van der Waals surface area contributed by atoms with Crippen LogP contribution in [0.1, 0.15) is 38.2 Å². The lowest BCUT2D eigenvalue weighted by atomic mass is 10.1. The molecule has 1 unspecified atom stereocenters. The minimum Gasteiger partial charge on any atom is -0.497 e. The van der Waals surface area contributed by atoms with Gasteiger partial charge in [-0.25, -0.2) is 8.42 Å². The zero-order valence-electron chi connectivity index (χ0n) is 22.9. The molecule has 41 heavy (non-hydrogen) atoms. The standard InChI is InChI=1S/C30H33Cl2N3O5S/c1-21(30(37)33-25-8-3-4-9-25)34(19-22-6-5-7-24(32)18-22)29(36)20-35(26-12-10-23(31)11-13-26)41(38,39)28-16-14-27(40-2)15-17-28/h5-7,10-18,21,25H,3-4,8-9,19-20H2,1-2H3,(H,33,37). The number of nitrogens with one attached hydrogen (secondary N) is 1. The topological polar surface area (TPSA) is 96.0 Å². The van der Waals surface area contributed by atoms with Crippen LogP contribution in [0.15, 0.2) is 77.7 Å². The Kier molecular flexibility index (Phi) is 10.2. The third-order valence-corrected chi connectivity index (χ3v) is 9.43. The van der Waals surface area contributed by atoms with E-state index in [-0.39, 0.29) is 29.1 Å². The van der Waals surface area contributed by atoms with Crippen molar-refractivity contribution >= 4 is 50.7 Å². The van der Waals surface area contributed by atoms with Crippen LogP contribution in [0.5, 0.6) is 5.75 Å². The molecule has 4 rings (SSSR count). The molecule has 0 bridgehead atoms. The number of rotatable bonds is 11. The Balaban J connectivity index is 1.68. The van der Waals surface area contributed by atoms with Crippen LogP contribution in [0.4, 0.5) is 5.69 Å². The van der Waals surface area contributed by atoms with Crippen LogP contribution in [-0.2, 0) is 26.2 Å². The van der Waals surface area contributed by atoms with Gasteiger partial charge in [0.2, 0.25) is 11.8 Å². The van der Waals surface area contributed by atoms with Crippen LogP contribution in [0, 0.1) is 0 Å². The summed E-state index contributed by atoms with van der Waals surface area (Å²) in [5.41, 5.74) is 0.965. The number of amides is 2. The van der Waals surface area contributed by atoms with Gasteiger partial charge in [-0.15, -0.1) is 0 Å². The predicted octanol–water partition coefficient (Wildman–Crippen LogP) is 5.67. The van der Waals surface area contributed by atoms with Gasteiger partial charge in [-0.3, -0.25) is 13.9 Å². The summed E-state index contributed by atoms with van der Waals surface area (Å²) in [6.45, 7) is 1.17. The van der Waals surface area contributed by atoms with Crippen LogP contribution >= 0.6 is 23.2 Å². The van der Waals surface area contributed by atoms with Crippen molar-refractivity contribution in [1.29, 1.82) is 0 Å². The van der Waals surface area contributed by atoms with Crippen molar-refractivity contribution in [3.63, 3.8) is 0 Å². The molecule has 11 heteroatoms. The quantitative estimate of drug-likeness (QED) is 0.299. The Hall–Kier alpha value is -3.27. The fourth-order valence-electron chi connectivity index (χ4n) is 4.82. The Morgan fingerprint density at radius 2 is 1.63 bits per heavy atom. The number of ether oxygens (including phenoxy) is 1. The maximum atomic E-state index is 14.0. The zero-order valence-corrected chi connectivity index (χ0v) is 25.3. The number of halogens is 2. The first kappa shape index (κ1) is 30.7. The monoisotopic (exact) mass is 617 g/mol. The Morgan fingerprint density at radius 3 is 2.24 bits per heavy atom. The van der Waals surface area contributed by atoms with E-state index in [4.69, 9.17) is 27.9 Å². The molecule has 3 aromatic carbocycles. The minimum atomic E-state index is -4.20. The third kappa shape index (κ3) is 7.72. The largest absolute Gasteiger partial charge is 0.497 e. The van der Waals surface area contributed by atoms with Crippen molar-refractivity contribution in [3.05, 3.63) is 88.4 Å². The minimum absolute atomic E-state index is 0.0190. The second-order valence-electron chi connectivity index (χ2n) is 9.98. The number of benzene rings is 3. The number of hydrogen-bond donors (Lipinski definition) is 1. The molecule has 1 saturated carbocycles. The van der Waals surface area contributed by atoms with E-state index in [0.29, 0.717) is 21.4 Å². The van der Waals surface area contributed by atoms with Gasteiger partial charge >= 0.3 is 0 Å². The van der Waals surface area contributed by atoms with Gasteiger partial charge in [-0.05, 0) is 86.0 Å². The number of anilines is 1. The van der Waals surface area contributed by atoms with E-state index in [2.05, 4.69) is 5.32 Å². The van der Waals surface area contributed by atoms with E-state index >= 15 is 0 Å². The Labute approximate surface area is 251 Å². The number of methoxy groups -OCH3 is 1. The smallest absolute Gasteiger partial charge is 0.264 e. The van der Waals surface area contributed by atoms with E-state index in [1.807, 2.05) is 0 Å². The maximum absolute atomic E-state index is 14.0. The molecule has 3 aromatic rings. The van der Waals surface area contributed by atoms with Crippen LogP contribution < -0.4 is 14.4 Å². The average Bonchev–Trinajstić information content (AvgIpc) is 3.48. The fourth-order valence-corrected chi connectivity index (χ4v) is 6.57. The van der Waals surface area contributed by atoms with Gasteiger partial charge in [-0.1, -0.05) is 48.2 Å². The van der Waals surface area contributed by atoms with Crippen molar-refractivity contribution in [2.24, 2.45) is 0 Å². The summed E-state index contributed by atoms with van der Waals surface area (Å²) >= 11 is 12.3. The highest BCUT2D eigenvalue weighted by Gasteiger charge is 2.33. The average molecular weight is 619 g/mol. The van der Waals surface area contributed by atoms with Gasteiger partial charge in [-0.2, -0.15) is 0 Å². The van der Waals surface area contributed by atoms with E-state index < -0.39 is 28.5 Å². The molecule has 0 aliphatic heterocycles. The van der Waals surface area contributed by atoms with E-state index in [1.165, 1.54) is 48.4 Å². The Morgan fingerprint density at radius 1 is 0.976 bits per heavy atom. The molecule has 0 heterocycles. The first-order chi connectivity index (χ1) is 19.6. The maximum Gasteiger partial charge on any atom is 0.264 e. The van der Waals surface area contributed by atoms with Crippen LogP contribution in [0.3, 0.4) is 0 Å². The van der Waals surface area contributed by atoms with Gasteiger partial charge in [0, 0.05) is 22.6 Å². The van der Waals surface area contributed by atoms with Gasteiger partial charge in [0.1, 0.15) is 18.3 Å². The van der Waals surface area contributed by atoms with Crippen LogP contribution in [0.25, 0.3) is 0 Å². The van der Waals surface area contributed by atoms with Crippen LogP contribution in [-0.4, -0.2) is 50.9 Å². The highest BCUT2D eigenvalue weighted by atomic mass is 35.5. The van der Waals surface area contributed by atoms with Crippen molar-refractivity contribution < 1.29 is 22.7 Å². The third-order valence-electron chi connectivity index (χ3n) is 7.15. The summed E-state index contributed by atoms with van der Waals surface area (Å²) in [4.78, 5) is 28.7. The van der Waals surface area contributed by atoms with Crippen molar-refractivity contribution in [2.75, 3.05) is 18.0 Å². The predicted molar refractivity (Wildman–Crippen MR) is 161 cm³/mol. The second kappa shape index (κ2) is 13.6. The number of carbonyl (C=O) groups is 2. The zero-order chi connectivity index (χ0) is 29.6. The summed E-state index contributed by atoms with van der Waals surface area (Å²) < 4.78 is 34.0. The molecule has 8 nitrogen and oxygen atoms in total. The normalized spacial score (nSPS) is 14.3. The number of sulfonamides is 1. The first-order valence-corrected chi connectivity index (χ1v) is 15.5. The lowest BCUT2D eigenvalue weighted by molar-refractivity contribution is -0.139. The van der Waals surface area contributed by atoms with Gasteiger partial charge in [0.25, 0.3) is 10.0 Å². The highest BCUT2D eigenvalue weighted by molar-refractivity contribution is 7.92. The number of nitrogens with zero attached hydrogens (tertiary/aromatic N) is 2. The van der Waals surface area contributed by atoms with Gasteiger partial charge in [0.15, 0.2) is 0 Å². The number of hydrogen-bond acceptors (Lipinski definition) is 5. The molecular formula is C30H33Cl2N3O5S. The summed E-state index contributed by atoms with van der Waals surface area (Å²) in [7, 11) is -2.71. The molecule has 1 aliphatic rings. The first-order valence-electron chi connectivity index (χ1n) is 13.3. The summed E-state index contributed by atoms with van der Waals surface area (Å²) in [6, 6.07) is 18.3. The number of carbonyl (C=O) groups excluding carboxylic acids is 2. The Bertz CT molecular complexity index is 1460.